The third-order valence-corrected chi connectivity index (χ3v) is 7.39. The molecule has 1 heterocycles. The van der Waals surface area contributed by atoms with Crippen LogP contribution in [0, 0.1) is 6.92 Å². The van der Waals surface area contributed by atoms with Crippen LogP contribution in [0.5, 0.6) is 0 Å². The summed E-state index contributed by atoms with van der Waals surface area (Å²) in [5.74, 6) is -0.395. The number of fused-ring (bicyclic) bond motifs is 1. The van der Waals surface area contributed by atoms with Crippen molar-refractivity contribution in [3.8, 4) is 0 Å². The molecule has 0 radical (unpaired) electrons. The van der Waals surface area contributed by atoms with E-state index in [-0.39, 0.29) is 18.4 Å². The largest absolute Gasteiger partial charge is 0.457 e. The predicted molar refractivity (Wildman–Crippen MR) is 99.2 cm³/mol. The van der Waals surface area contributed by atoms with Gasteiger partial charge >= 0.3 is 12.1 Å². The molecule has 1 atom stereocenters. The first-order valence-corrected chi connectivity index (χ1v) is 10.6. The molecule has 1 fully saturated rings. The molecule has 1 aromatic rings. The van der Waals surface area contributed by atoms with Crippen molar-refractivity contribution < 1.29 is 27.5 Å². The summed E-state index contributed by atoms with van der Waals surface area (Å²) in [5, 5.41) is 1.32. The first-order valence-electron chi connectivity index (χ1n) is 9.00. The van der Waals surface area contributed by atoms with Crippen LogP contribution in [0.3, 0.4) is 0 Å². The molecule has 8 heteroatoms. The maximum atomic E-state index is 13.0. The number of nitrogens with one attached hydrogen (secondary N) is 1. The van der Waals surface area contributed by atoms with Gasteiger partial charge in [-0.3, -0.25) is 0 Å². The van der Waals surface area contributed by atoms with E-state index in [0.29, 0.717) is 29.5 Å². The highest BCUT2D eigenvalue weighted by molar-refractivity contribution is 7.92. The lowest BCUT2D eigenvalue weighted by molar-refractivity contribution is 0.0520. The molecule has 1 saturated carbocycles. The molecule has 1 aromatic carbocycles. The minimum absolute atomic E-state index is 0.0812. The van der Waals surface area contributed by atoms with Gasteiger partial charge in [-0.05, 0) is 57.7 Å². The van der Waals surface area contributed by atoms with E-state index < -0.39 is 32.8 Å². The Kier molecular flexibility index (Phi) is 4.96. The van der Waals surface area contributed by atoms with E-state index in [1.807, 2.05) is 0 Å². The highest BCUT2D eigenvalue weighted by Gasteiger charge is 2.43. The first-order chi connectivity index (χ1) is 12.5. The number of sulfone groups is 1. The van der Waals surface area contributed by atoms with Gasteiger partial charge in [0.05, 0.1) is 10.8 Å². The van der Waals surface area contributed by atoms with Crippen LogP contribution in [0.2, 0.25) is 0 Å². The van der Waals surface area contributed by atoms with Gasteiger partial charge < -0.3 is 14.8 Å². The number of benzene rings is 1. The number of amides is 1. The van der Waals surface area contributed by atoms with E-state index in [0.717, 1.165) is 5.56 Å². The summed E-state index contributed by atoms with van der Waals surface area (Å²) in [4.78, 5) is 23.8. The molecule has 0 aromatic heterocycles. The van der Waals surface area contributed by atoms with Crippen LogP contribution in [-0.4, -0.2) is 37.9 Å². The Bertz CT molecular complexity index is 880. The number of hydrogen-bond acceptors (Lipinski definition) is 6. The zero-order valence-electron chi connectivity index (χ0n) is 16.0. The van der Waals surface area contributed by atoms with Crippen molar-refractivity contribution in [1.29, 1.82) is 0 Å². The van der Waals surface area contributed by atoms with Gasteiger partial charge in [0.15, 0.2) is 9.84 Å². The summed E-state index contributed by atoms with van der Waals surface area (Å²) >= 11 is 0. The van der Waals surface area contributed by atoms with E-state index in [4.69, 9.17) is 9.47 Å². The summed E-state index contributed by atoms with van der Waals surface area (Å²) in [7, 11) is -3.47. The Labute approximate surface area is 159 Å². The maximum Gasteiger partial charge on any atom is 0.407 e. The van der Waals surface area contributed by atoms with Crippen LogP contribution in [-0.2, 0) is 25.9 Å². The van der Waals surface area contributed by atoms with E-state index >= 15 is 0 Å². The highest BCUT2D eigenvalue weighted by Crippen LogP contribution is 2.40. The van der Waals surface area contributed by atoms with Crippen LogP contribution < -0.4 is 5.32 Å². The summed E-state index contributed by atoms with van der Waals surface area (Å²) < 4.78 is 36.3. The molecule has 2 aliphatic rings. The SMILES string of the molecule is Cc1c([C@H](CNC(=O)OC(C)(C)C)S(=O)(=O)C2CC2)ccc2c1COC2=O. The first kappa shape index (κ1) is 19.7. The average molecular weight is 395 g/mol. The number of esters is 1. The molecule has 0 spiro atoms. The number of carbonyl (C=O) groups is 2. The molecule has 7 nitrogen and oxygen atoms in total. The second-order valence-corrected chi connectivity index (χ2v) is 10.5. The quantitative estimate of drug-likeness (QED) is 0.770. The molecule has 3 rings (SSSR count). The highest BCUT2D eigenvalue weighted by atomic mass is 32.2. The third-order valence-electron chi connectivity index (χ3n) is 4.77. The van der Waals surface area contributed by atoms with Gasteiger partial charge in [0, 0.05) is 12.1 Å². The molecule has 0 bridgehead atoms. The number of carbonyl (C=O) groups excluding carboxylic acids is 2. The van der Waals surface area contributed by atoms with Gasteiger partial charge in [-0.1, -0.05) is 6.07 Å². The number of cyclic esters (lactones) is 1. The van der Waals surface area contributed by atoms with Crippen molar-refractivity contribution in [1.82, 2.24) is 5.32 Å². The van der Waals surface area contributed by atoms with Gasteiger partial charge in [0.2, 0.25) is 0 Å². The predicted octanol–water partition coefficient (Wildman–Crippen LogP) is 2.81. The third kappa shape index (κ3) is 4.10. The van der Waals surface area contributed by atoms with E-state index in [1.54, 1.807) is 39.8 Å². The van der Waals surface area contributed by atoms with Gasteiger partial charge in [0.25, 0.3) is 0 Å². The van der Waals surface area contributed by atoms with Crippen molar-refractivity contribution >= 4 is 21.9 Å². The van der Waals surface area contributed by atoms with E-state index in [9.17, 15) is 18.0 Å². The number of rotatable bonds is 5. The van der Waals surface area contributed by atoms with Gasteiger partial charge in [-0.2, -0.15) is 0 Å². The molecule has 1 N–H and O–H groups in total. The standard InChI is InChI=1S/C19H25NO6S/c1-11-13(7-8-14-15(11)10-25-17(14)21)16(27(23,24)12-5-6-12)9-20-18(22)26-19(2,3)4/h7-8,12,16H,5-6,9-10H2,1-4H3,(H,20,22)/t16-/m0/s1. The van der Waals surface area contributed by atoms with Gasteiger partial charge in [0.1, 0.15) is 17.5 Å². The van der Waals surface area contributed by atoms with Crippen LogP contribution in [0.15, 0.2) is 12.1 Å². The minimum atomic E-state index is -3.47. The second kappa shape index (κ2) is 6.82. The minimum Gasteiger partial charge on any atom is -0.457 e. The summed E-state index contributed by atoms with van der Waals surface area (Å²) in [6.07, 6.45) is 0.615. The molecule has 1 amide bonds. The Morgan fingerprint density at radius 2 is 2.00 bits per heavy atom. The smallest absolute Gasteiger partial charge is 0.407 e. The Morgan fingerprint density at radius 1 is 1.33 bits per heavy atom. The zero-order chi connectivity index (χ0) is 20.0. The molecule has 1 aliphatic heterocycles. The lowest BCUT2D eigenvalue weighted by atomic mass is 9.96. The van der Waals surface area contributed by atoms with Crippen LogP contribution in [0.1, 0.15) is 65.9 Å². The maximum absolute atomic E-state index is 13.0. The van der Waals surface area contributed by atoms with Crippen molar-refractivity contribution in [3.05, 3.63) is 34.4 Å². The fourth-order valence-corrected chi connectivity index (χ4v) is 5.42. The molecule has 0 saturated heterocycles. The van der Waals surface area contributed by atoms with Crippen molar-refractivity contribution in [2.24, 2.45) is 0 Å². The molecular formula is C19H25NO6S. The number of hydrogen-bond donors (Lipinski definition) is 1. The zero-order valence-corrected chi connectivity index (χ0v) is 16.8. The van der Waals surface area contributed by atoms with Gasteiger partial charge in [-0.25, -0.2) is 18.0 Å². The Hall–Kier alpha value is -2.09. The monoisotopic (exact) mass is 395 g/mol. The summed E-state index contributed by atoms with van der Waals surface area (Å²) in [6.45, 7) is 7.08. The summed E-state index contributed by atoms with van der Waals surface area (Å²) in [5.41, 5.74) is 1.83. The number of ether oxygens (including phenoxy) is 2. The molecule has 27 heavy (non-hydrogen) atoms. The normalized spacial score (nSPS) is 17.9. The van der Waals surface area contributed by atoms with E-state index in [1.165, 1.54) is 0 Å². The second-order valence-electron chi connectivity index (χ2n) is 8.04. The Morgan fingerprint density at radius 3 is 2.59 bits per heavy atom. The lowest BCUT2D eigenvalue weighted by Gasteiger charge is -2.23. The summed E-state index contributed by atoms with van der Waals surface area (Å²) in [6, 6.07) is 3.26. The fraction of sp³-hybridized carbons (Fsp3) is 0.579. The van der Waals surface area contributed by atoms with Crippen LogP contribution >= 0.6 is 0 Å². The van der Waals surface area contributed by atoms with Crippen molar-refractivity contribution in [2.45, 2.75) is 63.2 Å². The van der Waals surface area contributed by atoms with E-state index in [2.05, 4.69) is 5.32 Å². The average Bonchev–Trinajstić information content (AvgIpc) is 3.33. The van der Waals surface area contributed by atoms with Crippen LogP contribution in [0.4, 0.5) is 4.79 Å². The molecule has 148 valence electrons. The molecular weight excluding hydrogens is 370 g/mol. The molecule has 0 unspecified atom stereocenters. The lowest BCUT2D eigenvalue weighted by Crippen LogP contribution is -2.37. The molecule has 1 aliphatic carbocycles. The van der Waals surface area contributed by atoms with Crippen LogP contribution in [0.25, 0.3) is 0 Å². The van der Waals surface area contributed by atoms with Crippen molar-refractivity contribution in [2.75, 3.05) is 6.54 Å². The Balaban J connectivity index is 1.90. The fourth-order valence-electron chi connectivity index (χ4n) is 3.24. The van der Waals surface area contributed by atoms with Gasteiger partial charge in [-0.15, -0.1) is 0 Å². The topological polar surface area (TPSA) is 98.8 Å². The van der Waals surface area contributed by atoms with Crippen molar-refractivity contribution in [3.63, 3.8) is 0 Å². The number of alkyl carbamates (subject to hydrolysis) is 1.